The fourth-order valence-electron chi connectivity index (χ4n) is 1.16. The minimum atomic E-state index is -0.605. The van der Waals surface area contributed by atoms with Crippen LogP contribution in [0.15, 0.2) is 0 Å². The van der Waals surface area contributed by atoms with Crippen molar-refractivity contribution in [3.8, 4) is 0 Å². The summed E-state index contributed by atoms with van der Waals surface area (Å²) in [5.41, 5.74) is 1.70. The van der Waals surface area contributed by atoms with Crippen molar-refractivity contribution in [2.45, 2.75) is 58.7 Å². The third-order valence-corrected chi connectivity index (χ3v) is 1.77. The molecular weight excluding hydrogens is 210 g/mol. The average Bonchev–Trinajstić information content (AvgIpc) is 2.12. The maximum absolute atomic E-state index is 11.3. The minimum Gasteiger partial charge on any atom is -0.442 e. The van der Waals surface area contributed by atoms with Crippen molar-refractivity contribution >= 4 is 6.09 Å². The highest BCUT2D eigenvalue weighted by atomic mass is 16.7. The molecule has 0 rings (SSSR count). The fraction of sp³-hybridized carbons (Fsp3) is 0.909. The van der Waals surface area contributed by atoms with Crippen LogP contribution in [0.25, 0.3) is 0 Å². The maximum atomic E-state index is 11.3. The molecule has 16 heavy (non-hydrogen) atoms. The summed E-state index contributed by atoms with van der Waals surface area (Å²) < 4.78 is 5.01. The van der Waals surface area contributed by atoms with Gasteiger partial charge in [0.25, 0.3) is 0 Å². The third kappa shape index (κ3) is 8.49. The number of carbonyl (C=O) groups is 1. The lowest BCUT2D eigenvalue weighted by atomic mass is 10.1. The Morgan fingerprint density at radius 2 is 2.00 bits per heavy atom. The highest BCUT2D eigenvalue weighted by Crippen LogP contribution is 2.08. The van der Waals surface area contributed by atoms with E-state index in [4.69, 9.17) is 14.7 Å². The van der Waals surface area contributed by atoms with Gasteiger partial charge in [-0.15, -0.1) is 0 Å². The molecule has 0 aromatic heterocycles. The molecule has 0 bridgehead atoms. The van der Waals surface area contributed by atoms with Gasteiger partial charge in [-0.1, -0.05) is 13.3 Å². The Morgan fingerprint density at radius 3 is 2.44 bits per heavy atom. The zero-order valence-corrected chi connectivity index (χ0v) is 10.6. The fourth-order valence-corrected chi connectivity index (χ4v) is 1.16. The molecule has 96 valence electrons. The molecule has 0 saturated carbocycles. The van der Waals surface area contributed by atoms with Crippen LogP contribution in [0.4, 0.5) is 4.79 Å². The largest absolute Gasteiger partial charge is 0.442 e. The van der Waals surface area contributed by atoms with Crippen LogP contribution in [0.3, 0.4) is 0 Å². The van der Waals surface area contributed by atoms with E-state index in [2.05, 4.69) is 5.48 Å². The van der Waals surface area contributed by atoms with Crippen molar-refractivity contribution in [2.75, 3.05) is 6.61 Å². The van der Waals surface area contributed by atoms with Crippen LogP contribution in [-0.2, 0) is 9.57 Å². The lowest BCUT2D eigenvalue weighted by molar-refractivity contribution is -0.0518. The summed E-state index contributed by atoms with van der Waals surface area (Å²) >= 11 is 0. The molecule has 0 fully saturated rings. The minimum absolute atomic E-state index is 0.0423. The Hall–Kier alpha value is -0.810. The monoisotopic (exact) mass is 233 g/mol. The summed E-state index contributed by atoms with van der Waals surface area (Å²) in [6.45, 7) is 7.40. The highest BCUT2D eigenvalue weighted by molar-refractivity contribution is 5.66. The van der Waals surface area contributed by atoms with Crippen molar-refractivity contribution in [3.63, 3.8) is 0 Å². The van der Waals surface area contributed by atoms with Crippen molar-refractivity contribution in [1.82, 2.24) is 5.48 Å². The van der Waals surface area contributed by atoms with Crippen LogP contribution < -0.4 is 5.48 Å². The van der Waals surface area contributed by atoms with Gasteiger partial charge in [0.15, 0.2) is 0 Å². The Morgan fingerprint density at radius 1 is 1.38 bits per heavy atom. The topological polar surface area (TPSA) is 67.8 Å². The van der Waals surface area contributed by atoms with Crippen LogP contribution in [0, 0.1) is 0 Å². The summed E-state index contributed by atoms with van der Waals surface area (Å²) in [6.07, 6.45) is 1.45. The first-order chi connectivity index (χ1) is 7.39. The molecule has 1 amide bonds. The SMILES string of the molecule is CCCC(CCO)ONC(=O)OC(C)(C)C. The quantitative estimate of drug-likeness (QED) is 0.688. The Kier molecular flexibility index (Phi) is 7.08. The van der Waals surface area contributed by atoms with Crippen LogP contribution in [0.2, 0.25) is 0 Å². The van der Waals surface area contributed by atoms with Crippen LogP contribution >= 0.6 is 0 Å². The van der Waals surface area contributed by atoms with E-state index in [1.54, 1.807) is 20.8 Å². The van der Waals surface area contributed by atoms with Gasteiger partial charge in [-0.3, -0.25) is 4.84 Å². The van der Waals surface area contributed by atoms with Gasteiger partial charge in [0.1, 0.15) is 5.60 Å². The van der Waals surface area contributed by atoms with Crippen LogP contribution in [0.1, 0.15) is 47.0 Å². The molecule has 1 unspecified atom stereocenters. The number of aliphatic hydroxyl groups excluding tert-OH is 1. The first-order valence-corrected chi connectivity index (χ1v) is 5.64. The van der Waals surface area contributed by atoms with Gasteiger partial charge in [0, 0.05) is 6.61 Å². The molecule has 0 aliphatic carbocycles. The predicted molar refractivity (Wildman–Crippen MR) is 60.9 cm³/mol. The standard InChI is InChI=1S/C11H23NO4/c1-5-6-9(7-8-13)16-12-10(14)15-11(2,3)4/h9,13H,5-8H2,1-4H3,(H,12,14). The summed E-state index contributed by atoms with van der Waals surface area (Å²) in [5.74, 6) is 0. The number of amides is 1. The van der Waals surface area contributed by atoms with Crippen LogP contribution in [-0.4, -0.2) is 29.5 Å². The number of carbonyl (C=O) groups excluding carboxylic acids is 1. The van der Waals surface area contributed by atoms with E-state index in [0.29, 0.717) is 6.42 Å². The normalized spacial score (nSPS) is 13.3. The average molecular weight is 233 g/mol. The smallest absolute Gasteiger partial charge is 0.431 e. The number of ether oxygens (including phenoxy) is 1. The van der Waals surface area contributed by atoms with E-state index in [0.717, 1.165) is 12.8 Å². The third-order valence-electron chi connectivity index (χ3n) is 1.77. The maximum Gasteiger partial charge on any atom is 0.431 e. The number of hydrogen-bond donors (Lipinski definition) is 2. The number of nitrogens with one attached hydrogen (secondary N) is 1. The molecule has 5 nitrogen and oxygen atoms in total. The molecule has 5 heteroatoms. The van der Waals surface area contributed by atoms with Gasteiger partial charge < -0.3 is 9.84 Å². The molecule has 0 radical (unpaired) electrons. The summed E-state index contributed by atoms with van der Waals surface area (Å²) in [6, 6.07) is 0. The zero-order valence-electron chi connectivity index (χ0n) is 10.6. The van der Waals surface area contributed by atoms with E-state index < -0.39 is 11.7 Å². The second-order valence-corrected chi connectivity index (χ2v) is 4.64. The van der Waals surface area contributed by atoms with E-state index >= 15 is 0 Å². The molecule has 1 atom stereocenters. The summed E-state index contributed by atoms with van der Waals surface area (Å²) in [7, 11) is 0. The number of hydrogen-bond acceptors (Lipinski definition) is 4. The Labute approximate surface area is 97.1 Å². The molecular formula is C11H23NO4. The summed E-state index contributed by atoms with van der Waals surface area (Å²) in [4.78, 5) is 16.4. The van der Waals surface area contributed by atoms with Crippen molar-refractivity contribution in [3.05, 3.63) is 0 Å². The van der Waals surface area contributed by atoms with E-state index in [1.807, 2.05) is 6.92 Å². The van der Waals surface area contributed by atoms with Gasteiger partial charge >= 0.3 is 6.09 Å². The Balaban J connectivity index is 3.86. The van der Waals surface area contributed by atoms with Crippen molar-refractivity contribution in [2.24, 2.45) is 0 Å². The second-order valence-electron chi connectivity index (χ2n) is 4.64. The van der Waals surface area contributed by atoms with E-state index in [1.165, 1.54) is 0 Å². The van der Waals surface area contributed by atoms with E-state index in [-0.39, 0.29) is 12.7 Å². The highest BCUT2D eigenvalue weighted by Gasteiger charge is 2.17. The molecule has 0 aromatic carbocycles. The first-order valence-electron chi connectivity index (χ1n) is 5.64. The molecule has 0 saturated heterocycles. The lowest BCUT2D eigenvalue weighted by Gasteiger charge is -2.21. The molecule has 2 N–H and O–H groups in total. The molecule has 0 aromatic rings. The zero-order chi connectivity index (χ0) is 12.6. The second kappa shape index (κ2) is 7.46. The molecule has 0 aliphatic rings. The Bertz CT molecular complexity index is 195. The summed E-state index contributed by atoms with van der Waals surface area (Å²) in [5, 5.41) is 8.79. The lowest BCUT2D eigenvalue weighted by Crippen LogP contribution is -2.35. The van der Waals surface area contributed by atoms with Crippen molar-refractivity contribution in [1.29, 1.82) is 0 Å². The van der Waals surface area contributed by atoms with Gasteiger partial charge in [-0.25, -0.2) is 4.79 Å². The van der Waals surface area contributed by atoms with Crippen LogP contribution in [0.5, 0.6) is 0 Å². The number of hydroxylamine groups is 1. The van der Waals surface area contributed by atoms with Crippen molar-refractivity contribution < 1.29 is 19.5 Å². The van der Waals surface area contributed by atoms with Gasteiger partial charge in [0.2, 0.25) is 0 Å². The van der Waals surface area contributed by atoms with Gasteiger partial charge in [-0.05, 0) is 33.6 Å². The first kappa shape index (κ1) is 15.2. The predicted octanol–water partition coefficient (Wildman–Crippen LogP) is 1.99. The molecule has 0 heterocycles. The number of aliphatic hydroxyl groups is 1. The van der Waals surface area contributed by atoms with Gasteiger partial charge in [-0.2, -0.15) is 5.48 Å². The number of rotatable bonds is 6. The van der Waals surface area contributed by atoms with E-state index in [9.17, 15) is 4.79 Å². The molecule has 0 spiro atoms. The van der Waals surface area contributed by atoms with Gasteiger partial charge in [0.05, 0.1) is 6.10 Å². The molecule has 0 aliphatic heterocycles.